The van der Waals surface area contributed by atoms with E-state index >= 15 is 0 Å². The van der Waals surface area contributed by atoms with Crippen LogP contribution in [0.15, 0.2) is 77.5 Å². The summed E-state index contributed by atoms with van der Waals surface area (Å²) in [4.78, 5) is 13.9. The molecule has 1 unspecified atom stereocenters. The summed E-state index contributed by atoms with van der Waals surface area (Å²) < 4.78 is 6.23. The second kappa shape index (κ2) is 15.6. The number of furan rings is 1. The van der Waals surface area contributed by atoms with Gasteiger partial charge in [0.2, 0.25) is 5.71 Å². The molecule has 6 heteroatoms. The topological polar surface area (TPSA) is 51.8 Å². The zero-order valence-corrected chi connectivity index (χ0v) is 33.7. The van der Waals surface area contributed by atoms with Crippen molar-refractivity contribution in [2.24, 2.45) is 5.92 Å². The molecular weight excluding hydrogens is 795 g/mol. The maximum Gasteiger partial charge on any atom is 0.216 e. The van der Waals surface area contributed by atoms with Gasteiger partial charge in [0.05, 0.1) is 13.7 Å². The van der Waals surface area contributed by atoms with Gasteiger partial charge >= 0.3 is 0 Å². The minimum absolute atomic E-state index is 0. The fraction of sp³-hybridized carbons (Fsp3) is 0.372. The quantitative estimate of drug-likeness (QED) is 0.124. The molecule has 1 aliphatic carbocycles. The SMILES string of the molecule is CC(C)c1cc(-c2[c-]cccc2)ncc1[Si](C)(C)C.Cc1ccc2c(n1)oc1c(-c3cc(C(C)C4CCCCC4)ccn3)[c-]cc(C)c12.[Ir]. The van der Waals surface area contributed by atoms with Crippen LogP contribution < -0.4 is 5.19 Å². The molecule has 0 aliphatic heterocycles. The Morgan fingerprint density at radius 2 is 1.65 bits per heavy atom. The first-order valence-electron chi connectivity index (χ1n) is 17.7. The van der Waals surface area contributed by atoms with Gasteiger partial charge in [0, 0.05) is 43.6 Å². The molecule has 4 nitrogen and oxygen atoms in total. The summed E-state index contributed by atoms with van der Waals surface area (Å²) in [6.07, 6.45) is 10.8. The number of hydrogen-bond donors (Lipinski definition) is 0. The Morgan fingerprint density at radius 1 is 0.878 bits per heavy atom. The van der Waals surface area contributed by atoms with Gasteiger partial charge in [-0.1, -0.05) is 101 Å². The van der Waals surface area contributed by atoms with Gasteiger partial charge in [-0.2, -0.15) is 0 Å². The third kappa shape index (κ3) is 8.14. The molecule has 1 aliphatic rings. The predicted octanol–water partition coefficient (Wildman–Crippen LogP) is 11.4. The molecule has 1 atom stereocenters. The standard InChI is InChI=1S/C26H27N2O.C17H22NSi.Ir/c1-16-9-11-21(25-24(16)22-12-10-17(2)28-26(22)29-25)23-15-20(13-14-27-23)18(3)19-7-5-4-6-8-19;1-13(2)15-11-16(14-9-7-6-8-10-14)18-12-17(15)19(3,4)5;/h9-10,12-15,18-19H,4-8H2,1-3H3;6-9,11-13H,1-5H3;/q2*-1;. The fourth-order valence-corrected chi connectivity index (χ4v) is 8.87. The zero-order chi connectivity index (χ0) is 34.0. The largest absolute Gasteiger partial charge is 0.486 e. The molecule has 4 heterocycles. The smallest absolute Gasteiger partial charge is 0.216 e. The van der Waals surface area contributed by atoms with Crippen LogP contribution in [0.1, 0.15) is 87.1 Å². The minimum Gasteiger partial charge on any atom is -0.486 e. The maximum atomic E-state index is 6.23. The number of fused-ring (bicyclic) bond motifs is 3. The van der Waals surface area contributed by atoms with Crippen LogP contribution in [0.3, 0.4) is 0 Å². The van der Waals surface area contributed by atoms with Crippen LogP contribution >= 0.6 is 0 Å². The molecule has 0 amide bonds. The van der Waals surface area contributed by atoms with Crippen molar-refractivity contribution in [3.63, 3.8) is 0 Å². The Balaban J connectivity index is 0.000000205. The Hall–Kier alpha value is -3.44. The van der Waals surface area contributed by atoms with Crippen molar-refractivity contribution in [3.05, 3.63) is 108 Å². The predicted molar refractivity (Wildman–Crippen MR) is 204 cm³/mol. The average Bonchev–Trinajstić information content (AvgIpc) is 3.48. The van der Waals surface area contributed by atoms with Crippen LogP contribution in [0.2, 0.25) is 19.6 Å². The van der Waals surface area contributed by atoms with Crippen molar-refractivity contribution in [2.75, 3.05) is 0 Å². The number of pyridine rings is 3. The molecule has 2 aromatic carbocycles. The van der Waals surface area contributed by atoms with Crippen LogP contribution in [-0.4, -0.2) is 23.0 Å². The van der Waals surface area contributed by atoms with Crippen molar-refractivity contribution in [1.82, 2.24) is 15.0 Å². The Morgan fingerprint density at radius 3 is 2.35 bits per heavy atom. The summed E-state index contributed by atoms with van der Waals surface area (Å²) in [5.74, 6) is 1.87. The van der Waals surface area contributed by atoms with Crippen molar-refractivity contribution in [1.29, 1.82) is 0 Å². The van der Waals surface area contributed by atoms with E-state index in [1.54, 1.807) is 0 Å². The van der Waals surface area contributed by atoms with Gasteiger partial charge in [-0.3, -0.25) is 0 Å². The molecule has 49 heavy (non-hydrogen) atoms. The van der Waals surface area contributed by atoms with Gasteiger partial charge in [0.15, 0.2) is 0 Å². The average molecular weight is 844 g/mol. The van der Waals surface area contributed by atoms with Gasteiger partial charge in [-0.15, -0.1) is 53.6 Å². The number of hydrogen-bond acceptors (Lipinski definition) is 4. The van der Waals surface area contributed by atoms with Gasteiger partial charge in [-0.05, 0) is 72.3 Å². The van der Waals surface area contributed by atoms with E-state index in [-0.39, 0.29) is 20.1 Å². The molecule has 1 fully saturated rings. The molecule has 6 aromatic rings. The Labute approximate surface area is 307 Å². The zero-order valence-electron chi connectivity index (χ0n) is 30.3. The van der Waals surface area contributed by atoms with E-state index in [9.17, 15) is 0 Å². The van der Waals surface area contributed by atoms with Crippen molar-refractivity contribution >= 4 is 35.3 Å². The van der Waals surface area contributed by atoms with Crippen LogP contribution in [0.4, 0.5) is 0 Å². The van der Waals surface area contributed by atoms with E-state index in [2.05, 4.69) is 106 Å². The normalized spacial score (nSPS) is 14.4. The molecule has 0 spiro atoms. The molecule has 0 bridgehead atoms. The molecule has 0 N–H and O–H groups in total. The number of aryl methyl sites for hydroxylation is 2. The van der Waals surface area contributed by atoms with Gasteiger partial charge < -0.3 is 14.4 Å². The minimum atomic E-state index is -1.34. The van der Waals surface area contributed by atoms with Gasteiger partial charge in [-0.25, -0.2) is 4.98 Å². The van der Waals surface area contributed by atoms with Crippen molar-refractivity contribution in [2.45, 2.75) is 98.2 Å². The third-order valence-electron chi connectivity index (χ3n) is 10.0. The summed E-state index contributed by atoms with van der Waals surface area (Å²) in [5, 5.41) is 3.65. The van der Waals surface area contributed by atoms with E-state index in [1.807, 2.05) is 43.5 Å². The van der Waals surface area contributed by atoms with E-state index < -0.39 is 8.07 Å². The summed E-state index contributed by atoms with van der Waals surface area (Å²) >= 11 is 0. The molecule has 4 aromatic heterocycles. The van der Waals surface area contributed by atoms with Gasteiger partial charge in [0.25, 0.3) is 0 Å². The summed E-state index contributed by atoms with van der Waals surface area (Å²) in [5.41, 5.74) is 10.4. The monoisotopic (exact) mass is 844 g/mol. The first-order chi connectivity index (χ1) is 23.0. The summed E-state index contributed by atoms with van der Waals surface area (Å²) in [6.45, 7) is 18.1. The van der Waals surface area contributed by atoms with Crippen molar-refractivity contribution < 1.29 is 24.5 Å². The second-order valence-electron chi connectivity index (χ2n) is 15.0. The van der Waals surface area contributed by atoms with Crippen LogP contribution in [-0.2, 0) is 20.1 Å². The first kappa shape index (κ1) is 36.8. The Bertz CT molecular complexity index is 2020. The Kier molecular flexibility index (Phi) is 11.7. The molecule has 257 valence electrons. The number of rotatable bonds is 6. The number of aromatic nitrogens is 3. The van der Waals surface area contributed by atoms with Crippen LogP contribution in [0, 0.1) is 31.9 Å². The second-order valence-corrected chi connectivity index (χ2v) is 20.0. The summed E-state index contributed by atoms with van der Waals surface area (Å²) in [7, 11) is -1.34. The van der Waals surface area contributed by atoms with E-state index in [0.29, 0.717) is 17.5 Å². The fourth-order valence-electron chi connectivity index (χ4n) is 7.20. The van der Waals surface area contributed by atoms with E-state index in [0.717, 1.165) is 56.0 Å². The van der Waals surface area contributed by atoms with Gasteiger partial charge in [0.1, 0.15) is 0 Å². The van der Waals surface area contributed by atoms with Crippen LogP contribution in [0.5, 0.6) is 0 Å². The van der Waals surface area contributed by atoms with Crippen LogP contribution in [0.25, 0.3) is 44.6 Å². The molecule has 1 saturated carbocycles. The molecular formula is C43H49IrN3OSi-2. The number of nitrogens with zero attached hydrogens (tertiary/aromatic N) is 3. The first-order valence-corrected chi connectivity index (χ1v) is 21.2. The summed E-state index contributed by atoms with van der Waals surface area (Å²) in [6, 6.07) is 27.6. The third-order valence-corrected chi connectivity index (χ3v) is 12.1. The van der Waals surface area contributed by atoms with Crippen molar-refractivity contribution in [3.8, 4) is 22.5 Å². The van der Waals surface area contributed by atoms with E-state index in [1.165, 1.54) is 48.4 Å². The molecule has 0 saturated heterocycles. The molecule has 7 rings (SSSR count). The molecule has 1 radical (unpaired) electrons. The van der Waals surface area contributed by atoms with E-state index in [4.69, 9.17) is 9.40 Å². The number of benzene rings is 2. The maximum absolute atomic E-state index is 6.23.